The van der Waals surface area contributed by atoms with E-state index in [9.17, 15) is 14.9 Å². The molecule has 1 N–H and O–H groups in total. The van der Waals surface area contributed by atoms with Gasteiger partial charge in [-0.1, -0.05) is 22.9 Å². The van der Waals surface area contributed by atoms with Gasteiger partial charge in [0, 0.05) is 25.0 Å². The number of nitro groups is 1. The molecule has 0 aliphatic carbocycles. The van der Waals surface area contributed by atoms with Crippen molar-refractivity contribution in [1.82, 2.24) is 9.88 Å². The Morgan fingerprint density at radius 2 is 2.32 bits per heavy atom. The Morgan fingerprint density at radius 1 is 1.63 bits per heavy atom. The van der Waals surface area contributed by atoms with E-state index >= 15 is 0 Å². The van der Waals surface area contributed by atoms with Crippen LogP contribution < -0.4 is 5.32 Å². The standard InChI is InChI=1S/C12H18BrN3O3/c1-9(7-13)4-3-5-14-12(17)11-6-10(16(18)19)8-15(11)2/h6,8-9H,3-5,7H2,1-2H3,(H,14,17). The van der Waals surface area contributed by atoms with E-state index in [-0.39, 0.29) is 11.6 Å². The number of aromatic nitrogens is 1. The van der Waals surface area contributed by atoms with Crippen molar-refractivity contribution in [3.63, 3.8) is 0 Å². The first-order valence-corrected chi connectivity index (χ1v) is 7.22. The van der Waals surface area contributed by atoms with Crippen molar-refractivity contribution in [1.29, 1.82) is 0 Å². The lowest BCUT2D eigenvalue weighted by molar-refractivity contribution is -0.384. The van der Waals surface area contributed by atoms with Crippen LogP contribution in [0.1, 0.15) is 30.3 Å². The zero-order valence-corrected chi connectivity index (χ0v) is 12.6. The maximum Gasteiger partial charge on any atom is 0.287 e. The van der Waals surface area contributed by atoms with Gasteiger partial charge in [0.05, 0.1) is 11.1 Å². The molecule has 0 aromatic carbocycles. The van der Waals surface area contributed by atoms with Gasteiger partial charge in [-0.25, -0.2) is 0 Å². The third-order valence-corrected chi connectivity index (χ3v) is 3.96. The third-order valence-electron chi connectivity index (χ3n) is 2.86. The molecular weight excluding hydrogens is 314 g/mol. The lowest BCUT2D eigenvalue weighted by Crippen LogP contribution is -2.26. The molecule has 19 heavy (non-hydrogen) atoms. The van der Waals surface area contributed by atoms with Crippen LogP contribution in [0.3, 0.4) is 0 Å². The molecular formula is C12H18BrN3O3. The predicted octanol–water partition coefficient (Wildman–Crippen LogP) is 2.47. The number of halogens is 1. The second-order valence-electron chi connectivity index (χ2n) is 4.61. The molecule has 0 saturated heterocycles. The number of carbonyl (C=O) groups is 1. The smallest absolute Gasteiger partial charge is 0.287 e. The summed E-state index contributed by atoms with van der Waals surface area (Å²) in [5.74, 6) is 0.301. The number of nitrogens with zero attached hydrogens (tertiary/aromatic N) is 2. The normalized spacial score (nSPS) is 12.2. The number of carbonyl (C=O) groups excluding carboxylic acids is 1. The van der Waals surface area contributed by atoms with Crippen molar-refractivity contribution in [2.24, 2.45) is 13.0 Å². The van der Waals surface area contributed by atoms with Crippen LogP contribution in [0.2, 0.25) is 0 Å². The van der Waals surface area contributed by atoms with E-state index in [0.29, 0.717) is 18.2 Å². The SMILES string of the molecule is CC(CBr)CCCNC(=O)c1cc([N+](=O)[O-])cn1C. The molecule has 1 aromatic rings. The monoisotopic (exact) mass is 331 g/mol. The average molecular weight is 332 g/mol. The Labute approximate surface area is 120 Å². The highest BCUT2D eigenvalue weighted by molar-refractivity contribution is 9.09. The molecule has 1 heterocycles. The van der Waals surface area contributed by atoms with Crippen molar-refractivity contribution >= 4 is 27.5 Å². The first-order valence-electron chi connectivity index (χ1n) is 6.10. The molecule has 0 aliphatic heterocycles. The summed E-state index contributed by atoms with van der Waals surface area (Å²) in [5.41, 5.74) is 0.237. The van der Waals surface area contributed by atoms with Gasteiger partial charge in [0.25, 0.3) is 11.6 Å². The molecule has 1 amide bonds. The zero-order valence-electron chi connectivity index (χ0n) is 11.1. The summed E-state index contributed by atoms with van der Waals surface area (Å²) in [4.78, 5) is 22.0. The van der Waals surface area contributed by atoms with E-state index in [2.05, 4.69) is 28.2 Å². The summed E-state index contributed by atoms with van der Waals surface area (Å²) in [6, 6.07) is 1.29. The molecule has 1 atom stereocenters. The second-order valence-corrected chi connectivity index (χ2v) is 5.26. The summed E-state index contributed by atoms with van der Waals surface area (Å²) in [6.07, 6.45) is 3.26. The van der Waals surface area contributed by atoms with E-state index in [1.165, 1.54) is 16.8 Å². The van der Waals surface area contributed by atoms with E-state index < -0.39 is 4.92 Å². The van der Waals surface area contributed by atoms with Gasteiger partial charge in [0.15, 0.2) is 0 Å². The molecule has 0 spiro atoms. The molecule has 1 unspecified atom stereocenters. The molecule has 0 radical (unpaired) electrons. The third kappa shape index (κ3) is 4.66. The van der Waals surface area contributed by atoms with Gasteiger partial charge in [0.1, 0.15) is 5.69 Å². The minimum absolute atomic E-state index is 0.0689. The first-order chi connectivity index (χ1) is 8.95. The van der Waals surface area contributed by atoms with Crippen molar-refractivity contribution in [3.8, 4) is 0 Å². The Hall–Kier alpha value is -1.37. The predicted molar refractivity (Wildman–Crippen MR) is 76.6 cm³/mol. The molecule has 1 aromatic heterocycles. The molecule has 0 fully saturated rings. The number of nitrogens with one attached hydrogen (secondary N) is 1. The fraction of sp³-hybridized carbons (Fsp3) is 0.583. The Morgan fingerprint density at radius 3 is 2.84 bits per heavy atom. The Bertz CT molecular complexity index is 459. The van der Waals surface area contributed by atoms with Crippen molar-refractivity contribution < 1.29 is 9.72 Å². The van der Waals surface area contributed by atoms with Crippen LogP contribution >= 0.6 is 15.9 Å². The fourth-order valence-corrected chi connectivity index (χ4v) is 2.02. The Kier molecular flexibility index (Phi) is 6.01. The molecule has 1 rings (SSSR count). The summed E-state index contributed by atoms with van der Waals surface area (Å²) in [5, 5.41) is 14.3. The largest absolute Gasteiger partial charge is 0.351 e. The lowest BCUT2D eigenvalue weighted by atomic mass is 10.1. The van der Waals surface area contributed by atoms with E-state index in [1.807, 2.05) is 0 Å². The van der Waals surface area contributed by atoms with Crippen LogP contribution in [0.25, 0.3) is 0 Å². The number of alkyl halides is 1. The van der Waals surface area contributed by atoms with Crippen LogP contribution in [0, 0.1) is 16.0 Å². The maximum atomic E-state index is 11.9. The number of rotatable bonds is 7. The Balaban J connectivity index is 2.47. The summed E-state index contributed by atoms with van der Waals surface area (Å²) >= 11 is 3.40. The first kappa shape index (κ1) is 15.7. The topological polar surface area (TPSA) is 77.2 Å². The highest BCUT2D eigenvalue weighted by atomic mass is 79.9. The van der Waals surface area contributed by atoms with Gasteiger partial charge in [-0.05, 0) is 18.8 Å². The lowest BCUT2D eigenvalue weighted by Gasteiger charge is -2.08. The van der Waals surface area contributed by atoms with E-state index in [1.54, 1.807) is 7.05 Å². The maximum absolute atomic E-state index is 11.9. The minimum atomic E-state index is -0.505. The van der Waals surface area contributed by atoms with Crippen LogP contribution in [-0.4, -0.2) is 27.3 Å². The van der Waals surface area contributed by atoms with Crippen molar-refractivity contribution in [2.45, 2.75) is 19.8 Å². The minimum Gasteiger partial charge on any atom is -0.351 e. The second kappa shape index (κ2) is 7.28. The van der Waals surface area contributed by atoms with Gasteiger partial charge in [-0.15, -0.1) is 0 Å². The van der Waals surface area contributed by atoms with E-state index in [0.717, 1.165) is 18.2 Å². The molecule has 0 bridgehead atoms. The van der Waals surface area contributed by atoms with Crippen LogP contribution in [0.5, 0.6) is 0 Å². The van der Waals surface area contributed by atoms with Gasteiger partial charge < -0.3 is 9.88 Å². The van der Waals surface area contributed by atoms with Gasteiger partial charge in [0.2, 0.25) is 0 Å². The highest BCUT2D eigenvalue weighted by Crippen LogP contribution is 2.15. The van der Waals surface area contributed by atoms with Crippen LogP contribution in [0.4, 0.5) is 5.69 Å². The average Bonchev–Trinajstić information content (AvgIpc) is 2.76. The molecule has 7 heteroatoms. The van der Waals surface area contributed by atoms with Gasteiger partial charge >= 0.3 is 0 Å². The fourth-order valence-electron chi connectivity index (χ4n) is 1.69. The molecule has 0 aliphatic rings. The van der Waals surface area contributed by atoms with Crippen LogP contribution in [0.15, 0.2) is 12.3 Å². The number of hydrogen-bond acceptors (Lipinski definition) is 3. The summed E-state index contributed by atoms with van der Waals surface area (Å²) in [7, 11) is 1.62. The zero-order chi connectivity index (χ0) is 14.4. The number of aryl methyl sites for hydroxylation is 1. The van der Waals surface area contributed by atoms with Gasteiger partial charge in [-0.3, -0.25) is 14.9 Å². The molecule has 6 nitrogen and oxygen atoms in total. The van der Waals surface area contributed by atoms with Crippen LogP contribution in [-0.2, 0) is 7.05 Å². The number of amides is 1. The van der Waals surface area contributed by atoms with Gasteiger partial charge in [-0.2, -0.15) is 0 Å². The van der Waals surface area contributed by atoms with Crippen molar-refractivity contribution in [3.05, 3.63) is 28.1 Å². The molecule has 0 saturated carbocycles. The van der Waals surface area contributed by atoms with Crippen molar-refractivity contribution in [2.75, 3.05) is 11.9 Å². The summed E-state index contributed by atoms with van der Waals surface area (Å²) < 4.78 is 1.47. The summed E-state index contributed by atoms with van der Waals surface area (Å²) in [6.45, 7) is 2.71. The van der Waals surface area contributed by atoms with E-state index in [4.69, 9.17) is 0 Å². The molecule has 106 valence electrons. The highest BCUT2D eigenvalue weighted by Gasteiger charge is 2.17. The number of hydrogen-bond donors (Lipinski definition) is 1. The quantitative estimate of drug-likeness (QED) is 0.361.